The largest absolute Gasteiger partial charge is 0.379 e. The molecule has 0 spiro atoms. The number of hydrogen-bond donors (Lipinski definition) is 2. The van der Waals surface area contributed by atoms with E-state index in [4.69, 9.17) is 15.5 Å². The van der Waals surface area contributed by atoms with E-state index in [0.717, 1.165) is 54.5 Å². The fourth-order valence-electron chi connectivity index (χ4n) is 3.58. The van der Waals surface area contributed by atoms with Gasteiger partial charge in [-0.1, -0.05) is 18.2 Å². The van der Waals surface area contributed by atoms with Gasteiger partial charge in [-0.15, -0.1) is 24.8 Å². The lowest BCUT2D eigenvalue weighted by molar-refractivity contribution is 0.0179. The molecule has 30 heavy (non-hydrogen) atoms. The summed E-state index contributed by atoms with van der Waals surface area (Å²) in [7, 11) is 0. The molecular weight excluding hydrogens is 423 g/mol. The second-order valence-electron chi connectivity index (χ2n) is 6.84. The van der Waals surface area contributed by atoms with Gasteiger partial charge in [-0.05, 0) is 30.8 Å². The number of nitrogens with zero attached hydrogens (tertiary/aromatic N) is 4. The predicted molar refractivity (Wildman–Crippen MR) is 125 cm³/mol. The van der Waals surface area contributed by atoms with Crippen molar-refractivity contribution in [2.45, 2.75) is 12.5 Å². The monoisotopic (exact) mass is 450 g/mol. The zero-order chi connectivity index (χ0) is 19.2. The molecular formula is C21H28Cl2N6O. The van der Waals surface area contributed by atoms with Gasteiger partial charge in [0.05, 0.1) is 30.5 Å². The second-order valence-corrected chi connectivity index (χ2v) is 6.84. The van der Waals surface area contributed by atoms with Crippen LogP contribution in [0.2, 0.25) is 0 Å². The van der Waals surface area contributed by atoms with E-state index in [1.54, 1.807) is 0 Å². The maximum Gasteiger partial charge on any atom is 0.137 e. The maximum atomic E-state index is 5.72. The van der Waals surface area contributed by atoms with Crippen molar-refractivity contribution in [2.24, 2.45) is 5.73 Å². The normalized spacial score (nSPS) is 15.1. The highest BCUT2D eigenvalue weighted by molar-refractivity contribution is 5.89. The summed E-state index contributed by atoms with van der Waals surface area (Å²) < 4.78 is 5.53. The Morgan fingerprint density at radius 3 is 2.53 bits per heavy atom. The lowest BCUT2D eigenvalue weighted by atomic mass is 10.1. The third kappa shape index (κ3) is 5.77. The van der Waals surface area contributed by atoms with Crippen LogP contribution in [0.4, 0.5) is 5.82 Å². The lowest BCUT2D eigenvalue weighted by Crippen LogP contribution is -2.42. The predicted octanol–water partition coefficient (Wildman–Crippen LogP) is 2.86. The number of pyridine rings is 1. The third-order valence-electron chi connectivity index (χ3n) is 5.00. The molecule has 4 rings (SSSR count). The van der Waals surface area contributed by atoms with Gasteiger partial charge in [0.15, 0.2) is 0 Å². The maximum absolute atomic E-state index is 5.72. The summed E-state index contributed by atoms with van der Waals surface area (Å²) in [4.78, 5) is 16.4. The number of nitrogens with two attached hydrogens (primary N) is 1. The minimum atomic E-state index is 0. The van der Waals surface area contributed by atoms with E-state index in [2.05, 4.69) is 32.3 Å². The molecule has 0 bridgehead atoms. The van der Waals surface area contributed by atoms with Crippen LogP contribution in [0.3, 0.4) is 0 Å². The van der Waals surface area contributed by atoms with Gasteiger partial charge in [0.25, 0.3) is 0 Å². The standard InChI is InChI=1S/C21H26N6O.2ClH/c22-9-8-20-25-17-6-2-1-5-16(17)21(26-20)24-15-19(18-7-3-4-10-23-18)27-11-13-28-14-12-27;;/h1-7,10,19H,8-9,11-15,22H2,(H,24,25,26);2*1H. The van der Waals surface area contributed by atoms with Gasteiger partial charge in [-0.3, -0.25) is 9.88 Å². The van der Waals surface area contributed by atoms with E-state index < -0.39 is 0 Å². The van der Waals surface area contributed by atoms with Crippen LogP contribution in [0.5, 0.6) is 0 Å². The first kappa shape index (κ1) is 24.2. The van der Waals surface area contributed by atoms with E-state index >= 15 is 0 Å². The molecule has 1 aliphatic heterocycles. The molecule has 1 atom stereocenters. The summed E-state index contributed by atoms with van der Waals surface area (Å²) in [5.41, 5.74) is 7.71. The van der Waals surface area contributed by atoms with Crippen LogP contribution in [0.15, 0.2) is 48.7 Å². The van der Waals surface area contributed by atoms with Gasteiger partial charge < -0.3 is 15.8 Å². The van der Waals surface area contributed by atoms with Gasteiger partial charge in [-0.2, -0.15) is 0 Å². The number of ether oxygens (including phenoxy) is 1. The second kappa shape index (κ2) is 12.0. The third-order valence-corrected chi connectivity index (χ3v) is 5.00. The van der Waals surface area contributed by atoms with Crippen molar-refractivity contribution in [2.75, 3.05) is 44.7 Å². The summed E-state index contributed by atoms with van der Waals surface area (Å²) in [5.74, 6) is 1.62. The van der Waals surface area contributed by atoms with Crippen LogP contribution >= 0.6 is 24.8 Å². The Hall–Kier alpha value is -2.03. The smallest absolute Gasteiger partial charge is 0.137 e. The Bertz CT molecular complexity index is 908. The molecule has 1 aromatic carbocycles. The molecule has 3 aromatic rings. The Labute approximate surface area is 189 Å². The number of halogens is 2. The molecule has 0 aliphatic carbocycles. The topological polar surface area (TPSA) is 89.2 Å². The lowest BCUT2D eigenvalue weighted by Gasteiger charge is -2.34. The fourth-order valence-corrected chi connectivity index (χ4v) is 3.58. The summed E-state index contributed by atoms with van der Waals surface area (Å²) in [6.07, 6.45) is 2.51. The molecule has 9 heteroatoms. The van der Waals surface area contributed by atoms with Crippen molar-refractivity contribution in [1.82, 2.24) is 19.9 Å². The molecule has 1 aliphatic rings. The van der Waals surface area contributed by atoms with Crippen LogP contribution in [0, 0.1) is 0 Å². The summed E-state index contributed by atoms with van der Waals surface area (Å²) in [5, 5.41) is 4.59. The van der Waals surface area contributed by atoms with E-state index in [9.17, 15) is 0 Å². The average molecular weight is 451 g/mol. The van der Waals surface area contributed by atoms with Crippen molar-refractivity contribution in [3.63, 3.8) is 0 Å². The number of aromatic nitrogens is 3. The highest BCUT2D eigenvalue weighted by Gasteiger charge is 2.24. The highest BCUT2D eigenvalue weighted by atomic mass is 35.5. The van der Waals surface area contributed by atoms with Crippen LogP contribution < -0.4 is 11.1 Å². The SMILES string of the molecule is Cl.Cl.NCCc1nc(NCC(c2ccccn2)N2CCOCC2)c2ccccc2n1. The number of benzene rings is 1. The van der Waals surface area contributed by atoms with E-state index in [0.29, 0.717) is 19.5 Å². The molecule has 1 unspecified atom stereocenters. The molecule has 1 fully saturated rings. The Morgan fingerprint density at radius 1 is 1.03 bits per heavy atom. The summed E-state index contributed by atoms with van der Waals surface area (Å²) >= 11 is 0. The Morgan fingerprint density at radius 2 is 1.80 bits per heavy atom. The first-order valence-corrected chi connectivity index (χ1v) is 9.77. The van der Waals surface area contributed by atoms with Crippen LogP contribution in [0.25, 0.3) is 10.9 Å². The first-order chi connectivity index (χ1) is 13.8. The minimum Gasteiger partial charge on any atom is -0.379 e. The van der Waals surface area contributed by atoms with Crippen molar-refractivity contribution in [3.05, 3.63) is 60.2 Å². The Kier molecular flexibility index (Phi) is 9.68. The summed E-state index contributed by atoms with van der Waals surface area (Å²) in [6, 6.07) is 14.3. The Balaban J connectivity index is 0.00000160. The van der Waals surface area contributed by atoms with Crippen molar-refractivity contribution in [1.29, 1.82) is 0 Å². The number of anilines is 1. The molecule has 162 valence electrons. The fraction of sp³-hybridized carbons (Fsp3) is 0.381. The van der Waals surface area contributed by atoms with Gasteiger partial charge in [0, 0.05) is 37.6 Å². The van der Waals surface area contributed by atoms with Crippen LogP contribution in [0.1, 0.15) is 17.6 Å². The molecule has 2 aromatic heterocycles. The van der Waals surface area contributed by atoms with Crippen molar-refractivity contribution in [3.8, 4) is 0 Å². The van der Waals surface area contributed by atoms with Crippen molar-refractivity contribution < 1.29 is 4.74 Å². The van der Waals surface area contributed by atoms with Gasteiger partial charge >= 0.3 is 0 Å². The number of para-hydroxylation sites is 1. The van der Waals surface area contributed by atoms with Gasteiger partial charge in [0.2, 0.25) is 0 Å². The number of hydrogen-bond acceptors (Lipinski definition) is 7. The summed E-state index contributed by atoms with van der Waals surface area (Å²) in [6.45, 7) is 4.53. The van der Waals surface area contributed by atoms with Crippen LogP contribution in [-0.2, 0) is 11.2 Å². The van der Waals surface area contributed by atoms with E-state index in [-0.39, 0.29) is 30.9 Å². The van der Waals surface area contributed by atoms with E-state index in [1.807, 2.05) is 36.5 Å². The molecule has 0 radical (unpaired) electrons. The zero-order valence-corrected chi connectivity index (χ0v) is 18.4. The van der Waals surface area contributed by atoms with Gasteiger partial charge in [-0.25, -0.2) is 9.97 Å². The van der Waals surface area contributed by atoms with Crippen LogP contribution in [-0.4, -0.2) is 59.2 Å². The molecule has 3 N–H and O–H groups in total. The molecule has 7 nitrogen and oxygen atoms in total. The van der Waals surface area contributed by atoms with Gasteiger partial charge in [0.1, 0.15) is 11.6 Å². The average Bonchev–Trinajstić information content (AvgIpc) is 2.75. The first-order valence-electron chi connectivity index (χ1n) is 9.77. The van der Waals surface area contributed by atoms with Crippen molar-refractivity contribution >= 4 is 41.5 Å². The quantitative estimate of drug-likeness (QED) is 0.571. The minimum absolute atomic E-state index is 0. The molecule has 1 saturated heterocycles. The number of nitrogens with one attached hydrogen (secondary N) is 1. The van der Waals surface area contributed by atoms with E-state index in [1.165, 1.54) is 0 Å². The molecule has 3 heterocycles. The number of rotatable bonds is 7. The number of morpholine rings is 1. The highest BCUT2D eigenvalue weighted by Crippen LogP contribution is 2.24. The zero-order valence-electron chi connectivity index (χ0n) is 16.7. The molecule has 0 saturated carbocycles. The number of fused-ring (bicyclic) bond motifs is 1. The molecule has 0 amide bonds.